The highest BCUT2D eigenvalue weighted by molar-refractivity contribution is 6.08. The van der Waals surface area contributed by atoms with E-state index < -0.39 is 17.2 Å². The number of aromatic nitrogens is 3. The molecule has 0 saturated carbocycles. The van der Waals surface area contributed by atoms with Crippen LogP contribution in [-0.2, 0) is 7.05 Å². The molecule has 0 aliphatic carbocycles. The van der Waals surface area contributed by atoms with Crippen LogP contribution in [0.5, 0.6) is 11.5 Å². The highest BCUT2D eigenvalue weighted by atomic mass is 16.5. The summed E-state index contributed by atoms with van der Waals surface area (Å²) in [5, 5.41) is 17.0. The molecule has 2 aromatic heterocycles. The SMILES string of the molecule is COc1ccc(NC(=O)c2c(O)c3cnn(C)c3[nH]c2=O)cc1. The number of aromatic hydroxyl groups is 1. The fraction of sp³-hybridized carbons (Fsp3) is 0.133. The van der Waals surface area contributed by atoms with Gasteiger partial charge in [-0.05, 0) is 24.3 Å². The maximum atomic E-state index is 12.3. The van der Waals surface area contributed by atoms with Crippen LogP contribution in [-0.4, -0.2) is 32.9 Å². The normalized spacial score (nSPS) is 10.7. The number of carbonyl (C=O) groups excluding carboxylic acids is 1. The third-order valence-electron chi connectivity index (χ3n) is 3.46. The van der Waals surface area contributed by atoms with Gasteiger partial charge in [0.2, 0.25) is 0 Å². The van der Waals surface area contributed by atoms with Crippen molar-refractivity contribution in [2.45, 2.75) is 0 Å². The van der Waals surface area contributed by atoms with Gasteiger partial charge in [-0.3, -0.25) is 14.3 Å². The number of hydrogen-bond acceptors (Lipinski definition) is 5. The van der Waals surface area contributed by atoms with E-state index >= 15 is 0 Å². The highest BCUT2D eigenvalue weighted by Crippen LogP contribution is 2.25. The molecule has 3 aromatic rings. The van der Waals surface area contributed by atoms with Crippen molar-refractivity contribution in [2.24, 2.45) is 7.05 Å². The second kappa shape index (κ2) is 5.48. The third kappa shape index (κ3) is 2.50. The van der Waals surface area contributed by atoms with Crippen LogP contribution in [0, 0.1) is 0 Å². The molecule has 0 unspecified atom stereocenters. The Labute approximate surface area is 130 Å². The Morgan fingerprint density at radius 2 is 2.04 bits per heavy atom. The fourth-order valence-electron chi connectivity index (χ4n) is 2.25. The summed E-state index contributed by atoms with van der Waals surface area (Å²) < 4.78 is 6.43. The second-order valence-corrected chi connectivity index (χ2v) is 4.89. The van der Waals surface area contributed by atoms with E-state index in [1.165, 1.54) is 18.0 Å². The lowest BCUT2D eigenvalue weighted by molar-refractivity contribution is 0.102. The highest BCUT2D eigenvalue weighted by Gasteiger charge is 2.20. The molecule has 3 rings (SSSR count). The average Bonchev–Trinajstić information content (AvgIpc) is 2.89. The largest absolute Gasteiger partial charge is 0.506 e. The first-order valence-corrected chi connectivity index (χ1v) is 6.73. The fourth-order valence-corrected chi connectivity index (χ4v) is 2.25. The molecule has 8 heteroatoms. The molecule has 118 valence electrons. The molecule has 1 aromatic carbocycles. The lowest BCUT2D eigenvalue weighted by Crippen LogP contribution is -2.23. The van der Waals surface area contributed by atoms with Gasteiger partial charge in [-0.1, -0.05) is 0 Å². The van der Waals surface area contributed by atoms with Crippen molar-refractivity contribution < 1.29 is 14.6 Å². The van der Waals surface area contributed by atoms with Crippen molar-refractivity contribution in [3.05, 3.63) is 46.4 Å². The van der Waals surface area contributed by atoms with Crippen LogP contribution in [0.15, 0.2) is 35.3 Å². The Morgan fingerprint density at radius 1 is 1.35 bits per heavy atom. The predicted molar refractivity (Wildman–Crippen MR) is 83.9 cm³/mol. The van der Waals surface area contributed by atoms with Gasteiger partial charge in [0.15, 0.2) is 0 Å². The van der Waals surface area contributed by atoms with Gasteiger partial charge in [0.25, 0.3) is 11.5 Å². The molecule has 0 fully saturated rings. The zero-order valence-corrected chi connectivity index (χ0v) is 12.5. The van der Waals surface area contributed by atoms with E-state index in [4.69, 9.17) is 4.74 Å². The average molecular weight is 314 g/mol. The van der Waals surface area contributed by atoms with E-state index in [2.05, 4.69) is 15.4 Å². The molecule has 0 aliphatic heterocycles. The van der Waals surface area contributed by atoms with E-state index in [0.717, 1.165) is 0 Å². The number of nitrogens with one attached hydrogen (secondary N) is 2. The molecular weight excluding hydrogens is 300 g/mol. The van der Waals surface area contributed by atoms with Crippen molar-refractivity contribution in [1.82, 2.24) is 14.8 Å². The quantitative estimate of drug-likeness (QED) is 0.673. The number of fused-ring (bicyclic) bond motifs is 1. The number of H-pyrrole nitrogens is 1. The lowest BCUT2D eigenvalue weighted by atomic mass is 10.2. The number of amides is 1. The van der Waals surface area contributed by atoms with E-state index in [-0.39, 0.29) is 5.56 Å². The number of nitrogens with zero attached hydrogens (tertiary/aromatic N) is 2. The molecule has 1 amide bonds. The molecule has 0 radical (unpaired) electrons. The van der Waals surface area contributed by atoms with Gasteiger partial charge in [0.05, 0.1) is 18.7 Å². The second-order valence-electron chi connectivity index (χ2n) is 4.89. The standard InChI is InChI=1S/C15H14N4O4/c1-19-13-10(7-16-19)12(20)11(15(22)18-13)14(21)17-8-3-5-9(23-2)6-4-8/h3-7H,1-2H3,(H,17,21)(H2,18,20,22). The van der Waals surface area contributed by atoms with Crippen molar-refractivity contribution in [2.75, 3.05) is 12.4 Å². The van der Waals surface area contributed by atoms with Crippen LogP contribution in [0.2, 0.25) is 0 Å². The number of carbonyl (C=O) groups is 1. The Bertz CT molecular complexity index is 941. The first kappa shape index (κ1) is 14.6. The van der Waals surface area contributed by atoms with Crippen molar-refractivity contribution in [1.29, 1.82) is 0 Å². The Hall–Kier alpha value is -3.29. The number of aromatic amines is 1. The summed E-state index contributed by atoms with van der Waals surface area (Å²) in [5.41, 5.74) is -0.236. The Morgan fingerprint density at radius 3 is 2.70 bits per heavy atom. The maximum absolute atomic E-state index is 12.3. The molecule has 23 heavy (non-hydrogen) atoms. The third-order valence-corrected chi connectivity index (χ3v) is 3.46. The zero-order valence-electron chi connectivity index (χ0n) is 12.5. The Kier molecular flexibility index (Phi) is 3.49. The van der Waals surface area contributed by atoms with E-state index in [1.54, 1.807) is 31.3 Å². The van der Waals surface area contributed by atoms with Crippen molar-refractivity contribution in [3.8, 4) is 11.5 Å². The summed E-state index contributed by atoms with van der Waals surface area (Å²) in [4.78, 5) is 26.9. The first-order valence-electron chi connectivity index (χ1n) is 6.73. The summed E-state index contributed by atoms with van der Waals surface area (Å²) in [6.07, 6.45) is 1.38. The number of pyridine rings is 1. The smallest absolute Gasteiger partial charge is 0.266 e. The van der Waals surface area contributed by atoms with Gasteiger partial charge in [-0.25, -0.2) is 0 Å². The molecule has 3 N–H and O–H groups in total. The van der Waals surface area contributed by atoms with Crippen LogP contribution in [0.1, 0.15) is 10.4 Å². The maximum Gasteiger partial charge on any atom is 0.266 e. The minimum absolute atomic E-state index is 0.298. The Balaban J connectivity index is 1.98. The molecule has 0 spiro atoms. The number of hydrogen-bond donors (Lipinski definition) is 3. The first-order chi connectivity index (χ1) is 11.0. The number of ether oxygens (including phenoxy) is 1. The summed E-state index contributed by atoms with van der Waals surface area (Å²) in [5.74, 6) is -0.469. The molecule has 2 heterocycles. The summed E-state index contributed by atoms with van der Waals surface area (Å²) in [6.45, 7) is 0. The molecule has 0 aliphatic rings. The molecule has 0 atom stereocenters. The minimum Gasteiger partial charge on any atom is -0.506 e. The van der Waals surface area contributed by atoms with Gasteiger partial charge in [0.1, 0.15) is 22.7 Å². The van der Waals surface area contributed by atoms with Crippen LogP contribution in [0.3, 0.4) is 0 Å². The predicted octanol–water partition coefficient (Wildman–Crippen LogP) is 1.23. The van der Waals surface area contributed by atoms with Crippen LogP contribution >= 0.6 is 0 Å². The summed E-state index contributed by atoms with van der Waals surface area (Å²) in [6, 6.07) is 6.60. The van der Waals surface area contributed by atoms with Crippen LogP contribution in [0.25, 0.3) is 11.0 Å². The number of benzene rings is 1. The zero-order chi connectivity index (χ0) is 16.6. The van der Waals surface area contributed by atoms with Crippen LogP contribution < -0.4 is 15.6 Å². The molecular formula is C15H14N4O4. The summed E-state index contributed by atoms with van der Waals surface area (Å²) in [7, 11) is 3.16. The molecule has 8 nitrogen and oxygen atoms in total. The van der Waals surface area contributed by atoms with E-state index in [9.17, 15) is 14.7 Å². The molecule has 0 saturated heterocycles. The monoisotopic (exact) mass is 314 g/mol. The van der Waals surface area contributed by atoms with Crippen molar-refractivity contribution in [3.63, 3.8) is 0 Å². The number of anilines is 1. The van der Waals surface area contributed by atoms with E-state index in [0.29, 0.717) is 22.5 Å². The summed E-state index contributed by atoms with van der Waals surface area (Å²) >= 11 is 0. The molecule has 0 bridgehead atoms. The van der Waals surface area contributed by atoms with Gasteiger partial charge >= 0.3 is 0 Å². The number of aryl methyl sites for hydroxylation is 1. The topological polar surface area (TPSA) is 109 Å². The lowest BCUT2D eigenvalue weighted by Gasteiger charge is -2.08. The minimum atomic E-state index is -0.709. The van der Waals surface area contributed by atoms with Gasteiger partial charge < -0.3 is 20.1 Å². The van der Waals surface area contributed by atoms with Gasteiger partial charge in [-0.15, -0.1) is 0 Å². The van der Waals surface area contributed by atoms with Gasteiger partial charge in [0, 0.05) is 12.7 Å². The van der Waals surface area contributed by atoms with E-state index in [1.807, 2.05) is 0 Å². The number of rotatable bonds is 3. The van der Waals surface area contributed by atoms with Gasteiger partial charge in [-0.2, -0.15) is 5.10 Å². The van der Waals surface area contributed by atoms with Crippen LogP contribution in [0.4, 0.5) is 5.69 Å². The van der Waals surface area contributed by atoms with Crippen molar-refractivity contribution >= 4 is 22.6 Å². The number of methoxy groups -OCH3 is 1.